The average Bonchev–Trinajstić information content (AvgIpc) is 2.82. The Kier molecular flexibility index (Phi) is 2.90. The molecule has 74 valence electrons. The fraction of sp³-hybridized carbons (Fsp3) is 0.778. The van der Waals surface area contributed by atoms with Crippen molar-refractivity contribution in [2.45, 2.75) is 32.6 Å². The van der Waals surface area contributed by atoms with Gasteiger partial charge in [0, 0.05) is 6.42 Å². The normalized spacial score (nSPS) is 17.9. The first-order valence-electron chi connectivity index (χ1n) is 4.50. The highest BCUT2D eigenvalue weighted by atomic mass is 16.5. The number of carbonyl (C=O) groups excluding carboxylic acids is 1. The zero-order chi connectivity index (χ0) is 9.90. The summed E-state index contributed by atoms with van der Waals surface area (Å²) in [6.45, 7) is 2.12. The molecular formula is C9H14O4. The summed E-state index contributed by atoms with van der Waals surface area (Å²) in [5.74, 6) is -1.08. The summed E-state index contributed by atoms with van der Waals surface area (Å²) in [6.07, 6.45) is 2.03. The first-order valence-corrected chi connectivity index (χ1v) is 4.50. The molecule has 4 heteroatoms. The zero-order valence-electron chi connectivity index (χ0n) is 7.71. The van der Waals surface area contributed by atoms with Gasteiger partial charge in [0.25, 0.3) is 0 Å². The van der Waals surface area contributed by atoms with Crippen LogP contribution in [0.5, 0.6) is 0 Å². The Bertz CT molecular complexity index is 218. The lowest BCUT2D eigenvalue weighted by molar-refractivity contribution is -0.150. The molecule has 0 atom stereocenters. The molecule has 1 aliphatic rings. The number of ether oxygens (including phenoxy) is 1. The topological polar surface area (TPSA) is 63.6 Å². The highest BCUT2D eigenvalue weighted by Crippen LogP contribution is 2.50. The summed E-state index contributed by atoms with van der Waals surface area (Å²) < 4.78 is 4.87. The van der Waals surface area contributed by atoms with E-state index in [0.717, 1.165) is 12.8 Å². The molecule has 0 aromatic heterocycles. The summed E-state index contributed by atoms with van der Waals surface area (Å²) in [7, 11) is 0. The van der Waals surface area contributed by atoms with Crippen molar-refractivity contribution in [3.63, 3.8) is 0 Å². The molecule has 0 aliphatic heterocycles. The Morgan fingerprint density at radius 1 is 1.46 bits per heavy atom. The Labute approximate surface area is 76.9 Å². The maximum absolute atomic E-state index is 11.3. The number of hydrogen-bond donors (Lipinski definition) is 1. The van der Waals surface area contributed by atoms with Gasteiger partial charge in [-0.25, -0.2) is 0 Å². The number of rotatable bonds is 5. The molecule has 0 bridgehead atoms. The molecule has 13 heavy (non-hydrogen) atoms. The van der Waals surface area contributed by atoms with Crippen LogP contribution in [0.1, 0.15) is 32.6 Å². The summed E-state index contributed by atoms with van der Waals surface area (Å²) in [5.41, 5.74) is -0.450. The molecule has 0 radical (unpaired) electrons. The second-order valence-electron chi connectivity index (χ2n) is 3.39. The van der Waals surface area contributed by atoms with Gasteiger partial charge in [0.05, 0.1) is 12.0 Å². The van der Waals surface area contributed by atoms with Crippen molar-refractivity contribution >= 4 is 11.9 Å². The Balaban J connectivity index is 2.38. The van der Waals surface area contributed by atoms with E-state index in [0.29, 0.717) is 13.0 Å². The second kappa shape index (κ2) is 3.77. The fourth-order valence-corrected chi connectivity index (χ4v) is 1.34. The van der Waals surface area contributed by atoms with Crippen LogP contribution in [0, 0.1) is 5.41 Å². The molecule has 0 amide bonds. The van der Waals surface area contributed by atoms with Crippen molar-refractivity contribution in [1.29, 1.82) is 0 Å². The van der Waals surface area contributed by atoms with Gasteiger partial charge in [-0.2, -0.15) is 0 Å². The van der Waals surface area contributed by atoms with Crippen LogP contribution < -0.4 is 0 Å². The average molecular weight is 186 g/mol. The molecule has 1 saturated carbocycles. The quantitative estimate of drug-likeness (QED) is 0.655. The first-order chi connectivity index (χ1) is 6.10. The zero-order valence-corrected chi connectivity index (χ0v) is 7.71. The smallest absolute Gasteiger partial charge is 0.312 e. The standard InChI is InChI=1S/C9H14O4/c1-2-13-8(12)9(5-6-9)4-3-7(10)11/h2-6H2,1H3,(H,10,11). The van der Waals surface area contributed by atoms with Gasteiger partial charge in [0.15, 0.2) is 0 Å². The maximum atomic E-state index is 11.3. The number of hydrogen-bond acceptors (Lipinski definition) is 3. The van der Waals surface area contributed by atoms with Crippen LogP contribution in [0.3, 0.4) is 0 Å². The van der Waals surface area contributed by atoms with Gasteiger partial charge in [-0.15, -0.1) is 0 Å². The molecule has 1 N–H and O–H groups in total. The molecular weight excluding hydrogens is 172 g/mol. The minimum Gasteiger partial charge on any atom is -0.481 e. The largest absolute Gasteiger partial charge is 0.481 e. The van der Waals surface area contributed by atoms with Crippen LogP contribution in [0.4, 0.5) is 0 Å². The van der Waals surface area contributed by atoms with Crippen molar-refractivity contribution < 1.29 is 19.4 Å². The monoisotopic (exact) mass is 186 g/mol. The minimum atomic E-state index is -0.851. The second-order valence-corrected chi connectivity index (χ2v) is 3.39. The minimum absolute atomic E-state index is 0.0544. The van der Waals surface area contributed by atoms with Gasteiger partial charge < -0.3 is 9.84 Å². The van der Waals surface area contributed by atoms with Gasteiger partial charge in [0.1, 0.15) is 0 Å². The van der Waals surface area contributed by atoms with E-state index in [1.54, 1.807) is 6.92 Å². The molecule has 0 saturated heterocycles. The highest BCUT2D eigenvalue weighted by Gasteiger charge is 2.50. The number of carboxylic acid groups (broad SMARTS) is 1. The number of aliphatic carboxylic acids is 1. The van der Waals surface area contributed by atoms with Crippen LogP contribution >= 0.6 is 0 Å². The van der Waals surface area contributed by atoms with Crippen LogP contribution in [0.15, 0.2) is 0 Å². The number of carbonyl (C=O) groups is 2. The Morgan fingerprint density at radius 2 is 2.08 bits per heavy atom. The van der Waals surface area contributed by atoms with Gasteiger partial charge in [0.2, 0.25) is 0 Å². The van der Waals surface area contributed by atoms with Gasteiger partial charge in [-0.05, 0) is 26.2 Å². The molecule has 1 aliphatic carbocycles. The molecule has 0 spiro atoms. The summed E-state index contributed by atoms with van der Waals surface area (Å²) >= 11 is 0. The molecule has 1 fully saturated rings. The van der Waals surface area contributed by atoms with Crippen molar-refractivity contribution in [3.05, 3.63) is 0 Å². The molecule has 0 unspecified atom stereocenters. The van der Waals surface area contributed by atoms with E-state index < -0.39 is 11.4 Å². The highest BCUT2D eigenvalue weighted by molar-refractivity contribution is 5.80. The third-order valence-electron chi connectivity index (χ3n) is 2.38. The molecule has 4 nitrogen and oxygen atoms in total. The van der Waals surface area contributed by atoms with E-state index in [2.05, 4.69) is 0 Å². The number of carboxylic acids is 1. The van der Waals surface area contributed by atoms with Crippen molar-refractivity contribution in [1.82, 2.24) is 0 Å². The lowest BCUT2D eigenvalue weighted by atomic mass is 10.0. The third-order valence-corrected chi connectivity index (χ3v) is 2.38. The molecule has 0 heterocycles. The summed E-state index contributed by atoms with van der Waals surface area (Å²) in [6, 6.07) is 0. The molecule has 0 aromatic carbocycles. The van der Waals surface area contributed by atoms with Crippen LogP contribution in [0.2, 0.25) is 0 Å². The molecule has 1 rings (SSSR count). The van der Waals surface area contributed by atoms with Gasteiger partial charge in [-0.1, -0.05) is 0 Å². The van der Waals surface area contributed by atoms with E-state index in [1.807, 2.05) is 0 Å². The van der Waals surface area contributed by atoms with Crippen LogP contribution in [0.25, 0.3) is 0 Å². The van der Waals surface area contributed by atoms with E-state index in [-0.39, 0.29) is 12.4 Å². The third kappa shape index (κ3) is 2.44. The fourth-order valence-electron chi connectivity index (χ4n) is 1.34. The van der Waals surface area contributed by atoms with Crippen LogP contribution in [-0.4, -0.2) is 23.7 Å². The SMILES string of the molecule is CCOC(=O)C1(CCC(=O)O)CC1. The maximum Gasteiger partial charge on any atom is 0.312 e. The Hall–Kier alpha value is -1.06. The summed E-state index contributed by atoms with van der Waals surface area (Å²) in [5, 5.41) is 8.46. The molecule has 0 aromatic rings. The predicted octanol–water partition coefficient (Wildman–Crippen LogP) is 1.19. The predicted molar refractivity (Wildman–Crippen MR) is 45.2 cm³/mol. The summed E-state index contributed by atoms with van der Waals surface area (Å²) in [4.78, 5) is 21.6. The van der Waals surface area contributed by atoms with E-state index in [4.69, 9.17) is 9.84 Å². The van der Waals surface area contributed by atoms with E-state index in [9.17, 15) is 9.59 Å². The van der Waals surface area contributed by atoms with E-state index in [1.165, 1.54) is 0 Å². The lowest BCUT2D eigenvalue weighted by Crippen LogP contribution is -2.20. The van der Waals surface area contributed by atoms with Crippen LogP contribution in [-0.2, 0) is 14.3 Å². The lowest BCUT2D eigenvalue weighted by Gasteiger charge is -2.11. The van der Waals surface area contributed by atoms with Crippen molar-refractivity contribution in [3.8, 4) is 0 Å². The van der Waals surface area contributed by atoms with Crippen molar-refractivity contribution in [2.24, 2.45) is 5.41 Å². The number of esters is 1. The van der Waals surface area contributed by atoms with E-state index >= 15 is 0 Å². The Morgan fingerprint density at radius 3 is 2.46 bits per heavy atom. The first kappa shape index (κ1) is 10.0. The van der Waals surface area contributed by atoms with Gasteiger partial charge >= 0.3 is 11.9 Å². The van der Waals surface area contributed by atoms with Crippen molar-refractivity contribution in [2.75, 3.05) is 6.61 Å². The van der Waals surface area contributed by atoms with Gasteiger partial charge in [-0.3, -0.25) is 9.59 Å².